The van der Waals surface area contributed by atoms with Gasteiger partial charge in [-0.3, -0.25) is 14.5 Å². The lowest BCUT2D eigenvalue weighted by molar-refractivity contribution is -0.136. The zero-order chi connectivity index (χ0) is 12.2. The average Bonchev–Trinajstić information content (AvgIpc) is 2.19. The molecule has 1 aromatic rings. The topological polar surface area (TPSA) is 96.4 Å². The standard InChI is InChI=1S/C9H12N2O4S/c1-7-2-3-8(6-10-7)11-16(14,15)5-4-9(12)13/h2-3,6,11H,4-5H2,1H3,(H,12,13). The van der Waals surface area contributed by atoms with Crippen molar-refractivity contribution in [3.63, 3.8) is 0 Å². The van der Waals surface area contributed by atoms with Gasteiger partial charge in [-0.1, -0.05) is 0 Å². The summed E-state index contributed by atoms with van der Waals surface area (Å²) in [6.07, 6.45) is 0.961. The maximum absolute atomic E-state index is 11.4. The van der Waals surface area contributed by atoms with Gasteiger partial charge in [0.05, 0.1) is 24.1 Å². The summed E-state index contributed by atoms with van der Waals surface area (Å²) in [7, 11) is -3.61. The molecule has 7 heteroatoms. The molecule has 16 heavy (non-hydrogen) atoms. The number of hydrogen-bond acceptors (Lipinski definition) is 4. The van der Waals surface area contributed by atoms with Crippen molar-refractivity contribution in [2.75, 3.05) is 10.5 Å². The van der Waals surface area contributed by atoms with E-state index in [1.807, 2.05) is 0 Å². The molecular weight excluding hydrogens is 232 g/mol. The minimum Gasteiger partial charge on any atom is -0.481 e. The zero-order valence-corrected chi connectivity index (χ0v) is 9.49. The predicted molar refractivity (Wildman–Crippen MR) is 58.6 cm³/mol. The second-order valence-corrected chi connectivity index (χ2v) is 5.09. The maximum Gasteiger partial charge on any atom is 0.304 e. The van der Waals surface area contributed by atoms with Gasteiger partial charge in [0, 0.05) is 5.69 Å². The van der Waals surface area contributed by atoms with Gasteiger partial charge < -0.3 is 5.11 Å². The average molecular weight is 244 g/mol. The van der Waals surface area contributed by atoms with Crippen LogP contribution < -0.4 is 4.72 Å². The fourth-order valence-corrected chi connectivity index (χ4v) is 2.01. The van der Waals surface area contributed by atoms with Gasteiger partial charge in [-0.15, -0.1) is 0 Å². The van der Waals surface area contributed by atoms with E-state index in [-0.39, 0.29) is 0 Å². The van der Waals surface area contributed by atoms with Crippen molar-refractivity contribution < 1.29 is 18.3 Å². The van der Waals surface area contributed by atoms with Crippen LogP contribution in [0, 0.1) is 6.92 Å². The maximum atomic E-state index is 11.4. The Balaban J connectivity index is 2.65. The van der Waals surface area contributed by atoms with Gasteiger partial charge in [0.25, 0.3) is 0 Å². The lowest BCUT2D eigenvalue weighted by atomic mass is 10.4. The Kier molecular flexibility index (Phi) is 3.83. The van der Waals surface area contributed by atoms with E-state index in [1.165, 1.54) is 6.20 Å². The summed E-state index contributed by atoms with van der Waals surface area (Å²) in [6.45, 7) is 1.78. The molecular formula is C9H12N2O4S. The van der Waals surface area contributed by atoms with Crippen molar-refractivity contribution in [1.29, 1.82) is 0 Å². The lowest BCUT2D eigenvalue weighted by Crippen LogP contribution is -2.18. The summed E-state index contributed by atoms with van der Waals surface area (Å²) in [4.78, 5) is 14.2. The molecule has 0 saturated heterocycles. The number of sulfonamides is 1. The summed E-state index contributed by atoms with van der Waals surface area (Å²) in [5.41, 5.74) is 1.10. The first-order valence-corrected chi connectivity index (χ1v) is 6.19. The normalized spacial score (nSPS) is 11.1. The summed E-state index contributed by atoms with van der Waals surface area (Å²) < 4.78 is 25.0. The summed E-state index contributed by atoms with van der Waals surface area (Å²) in [5, 5.41) is 8.37. The second-order valence-electron chi connectivity index (χ2n) is 3.25. The predicted octanol–water partition coefficient (Wildman–Crippen LogP) is 0.606. The third kappa shape index (κ3) is 4.26. The molecule has 0 aliphatic carbocycles. The summed E-state index contributed by atoms with van der Waals surface area (Å²) in [5.74, 6) is -1.59. The number of aryl methyl sites for hydroxylation is 1. The number of carboxylic acids is 1. The molecule has 0 aliphatic rings. The highest BCUT2D eigenvalue weighted by atomic mass is 32.2. The van der Waals surface area contributed by atoms with Crippen molar-refractivity contribution >= 4 is 21.7 Å². The zero-order valence-electron chi connectivity index (χ0n) is 8.67. The lowest BCUT2D eigenvalue weighted by Gasteiger charge is -2.06. The Morgan fingerprint density at radius 1 is 1.50 bits per heavy atom. The minimum atomic E-state index is -3.61. The van der Waals surface area contributed by atoms with Crippen molar-refractivity contribution in [1.82, 2.24) is 4.98 Å². The molecule has 88 valence electrons. The van der Waals surface area contributed by atoms with Crippen molar-refractivity contribution in [3.8, 4) is 0 Å². The molecule has 0 amide bonds. The number of aromatic nitrogens is 1. The highest BCUT2D eigenvalue weighted by Gasteiger charge is 2.12. The van der Waals surface area contributed by atoms with Crippen LogP contribution in [0.1, 0.15) is 12.1 Å². The minimum absolute atomic E-state index is 0.330. The van der Waals surface area contributed by atoms with Crippen molar-refractivity contribution in [2.45, 2.75) is 13.3 Å². The van der Waals surface area contributed by atoms with Crippen molar-refractivity contribution in [2.24, 2.45) is 0 Å². The van der Waals surface area contributed by atoms with Crippen LogP contribution in [0.5, 0.6) is 0 Å². The molecule has 0 radical (unpaired) electrons. The van der Waals surface area contributed by atoms with Crippen LogP contribution in [-0.2, 0) is 14.8 Å². The summed E-state index contributed by atoms with van der Waals surface area (Å²) in [6, 6.07) is 3.23. The van der Waals surface area contributed by atoms with Crippen LogP contribution in [0.3, 0.4) is 0 Å². The van der Waals surface area contributed by atoms with E-state index in [2.05, 4.69) is 9.71 Å². The number of aliphatic carboxylic acids is 1. The third-order valence-electron chi connectivity index (χ3n) is 1.77. The quantitative estimate of drug-likeness (QED) is 0.790. The molecule has 0 aromatic carbocycles. The van der Waals surface area contributed by atoms with Gasteiger partial charge in [-0.25, -0.2) is 8.42 Å². The Morgan fingerprint density at radius 2 is 2.19 bits per heavy atom. The van der Waals surface area contributed by atoms with Gasteiger partial charge in [-0.05, 0) is 19.1 Å². The first-order chi connectivity index (χ1) is 7.39. The molecule has 1 rings (SSSR count). The molecule has 0 aliphatic heterocycles. The molecule has 0 saturated carbocycles. The van der Waals surface area contributed by atoms with Crippen LogP contribution in [0.2, 0.25) is 0 Å². The molecule has 0 unspecified atom stereocenters. The van der Waals surface area contributed by atoms with Crippen LogP contribution in [-0.4, -0.2) is 30.2 Å². The molecule has 2 N–H and O–H groups in total. The van der Waals surface area contributed by atoms with E-state index in [4.69, 9.17) is 5.11 Å². The SMILES string of the molecule is Cc1ccc(NS(=O)(=O)CCC(=O)O)cn1. The van der Waals surface area contributed by atoms with E-state index in [9.17, 15) is 13.2 Å². The monoisotopic (exact) mass is 244 g/mol. The second kappa shape index (κ2) is 4.93. The molecule has 0 atom stereocenters. The van der Waals surface area contributed by atoms with Gasteiger partial charge in [0.2, 0.25) is 10.0 Å². The van der Waals surface area contributed by atoms with E-state index in [1.54, 1.807) is 19.1 Å². The Bertz CT molecular complexity index is 467. The van der Waals surface area contributed by atoms with Crippen LogP contribution in [0.15, 0.2) is 18.3 Å². The molecule has 0 bridgehead atoms. The first-order valence-electron chi connectivity index (χ1n) is 4.54. The van der Waals surface area contributed by atoms with Gasteiger partial charge >= 0.3 is 5.97 Å². The number of nitrogens with one attached hydrogen (secondary N) is 1. The van der Waals surface area contributed by atoms with Gasteiger partial charge in [-0.2, -0.15) is 0 Å². The van der Waals surface area contributed by atoms with E-state index in [0.717, 1.165) is 5.69 Å². The van der Waals surface area contributed by atoms with E-state index in [0.29, 0.717) is 5.69 Å². The van der Waals surface area contributed by atoms with E-state index < -0.39 is 28.2 Å². The highest BCUT2D eigenvalue weighted by Crippen LogP contribution is 2.08. The summed E-state index contributed by atoms with van der Waals surface area (Å²) >= 11 is 0. The number of carbonyl (C=O) groups is 1. The molecule has 0 fully saturated rings. The van der Waals surface area contributed by atoms with Crippen LogP contribution >= 0.6 is 0 Å². The Hall–Kier alpha value is -1.63. The largest absolute Gasteiger partial charge is 0.481 e. The van der Waals surface area contributed by atoms with Crippen LogP contribution in [0.4, 0.5) is 5.69 Å². The number of anilines is 1. The van der Waals surface area contributed by atoms with Crippen LogP contribution in [0.25, 0.3) is 0 Å². The molecule has 6 nitrogen and oxygen atoms in total. The third-order valence-corrected chi connectivity index (χ3v) is 3.06. The molecule has 1 aromatic heterocycles. The number of pyridine rings is 1. The van der Waals surface area contributed by atoms with Gasteiger partial charge in [0.15, 0.2) is 0 Å². The Morgan fingerprint density at radius 3 is 2.69 bits per heavy atom. The fraction of sp³-hybridized carbons (Fsp3) is 0.333. The number of carboxylic acid groups (broad SMARTS) is 1. The fourth-order valence-electron chi connectivity index (χ4n) is 0.980. The Labute approximate surface area is 93.4 Å². The smallest absolute Gasteiger partial charge is 0.304 e. The number of hydrogen-bond donors (Lipinski definition) is 2. The molecule has 1 heterocycles. The van der Waals surface area contributed by atoms with Crippen molar-refractivity contribution in [3.05, 3.63) is 24.0 Å². The number of rotatable bonds is 5. The van der Waals surface area contributed by atoms with Gasteiger partial charge in [0.1, 0.15) is 0 Å². The molecule has 0 spiro atoms. The number of nitrogens with zero attached hydrogens (tertiary/aromatic N) is 1. The van der Waals surface area contributed by atoms with E-state index >= 15 is 0 Å². The highest BCUT2D eigenvalue weighted by molar-refractivity contribution is 7.92. The first kappa shape index (κ1) is 12.4.